The summed E-state index contributed by atoms with van der Waals surface area (Å²) in [5.41, 5.74) is 0. The minimum Gasteiger partial charge on any atom is -0.481 e. The minimum atomic E-state index is -0.978. The third kappa shape index (κ3) is 10.6. The first-order valence-corrected chi connectivity index (χ1v) is 9.98. The molecule has 0 aromatic heterocycles. The van der Waals surface area contributed by atoms with E-state index in [1.54, 1.807) is 12.2 Å². The zero-order valence-corrected chi connectivity index (χ0v) is 16.6. The van der Waals surface area contributed by atoms with Crippen molar-refractivity contribution in [2.75, 3.05) is 0 Å². The van der Waals surface area contributed by atoms with Crippen molar-refractivity contribution in [1.29, 1.82) is 0 Å². The minimum absolute atomic E-state index is 0.0832. The molecule has 1 heterocycles. The van der Waals surface area contributed by atoms with Gasteiger partial charge in [0.25, 0.3) is 0 Å². The lowest BCUT2D eigenvalue weighted by molar-refractivity contribution is -0.138. The molecule has 1 saturated heterocycles. The van der Waals surface area contributed by atoms with Crippen LogP contribution in [0.2, 0.25) is 0 Å². The summed E-state index contributed by atoms with van der Waals surface area (Å²) in [6.45, 7) is 2.10. The van der Waals surface area contributed by atoms with Gasteiger partial charge >= 0.3 is 5.97 Å². The number of hydrogen-bond acceptors (Lipinski definition) is 5. The summed E-state index contributed by atoms with van der Waals surface area (Å²) in [7, 11) is 0. The number of carbonyl (C=O) groups is 1. The van der Waals surface area contributed by atoms with E-state index in [-0.39, 0.29) is 19.3 Å². The summed E-state index contributed by atoms with van der Waals surface area (Å²) in [5.74, 6) is -0.978. The molecule has 0 spiro atoms. The van der Waals surface area contributed by atoms with Crippen LogP contribution in [0.25, 0.3) is 0 Å². The largest absolute Gasteiger partial charge is 0.481 e. The van der Waals surface area contributed by atoms with Gasteiger partial charge in [0.1, 0.15) is 6.10 Å². The Balaban J connectivity index is 2.29. The zero-order chi connectivity index (χ0) is 20.8. The summed E-state index contributed by atoms with van der Waals surface area (Å²) in [6, 6.07) is 0. The highest BCUT2D eigenvalue weighted by Crippen LogP contribution is 2.25. The first kappa shape index (κ1) is 24.3. The highest BCUT2D eigenvalue weighted by atomic mass is 16.5. The van der Waals surface area contributed by atoms with Crippen molar-refractivity contribution in [1.82, 2.24) is 0 Å². The summed E-state index contributed by atoms with van der Waals surface area (Å²) in [6.07, 6.45) is 15.4. The molecule has 1 aliphatic rings. The second kappa shape index (κ2) is 14.3. The van der Waals surface area contributed by atoms with Crippen molar-refractivity contribution in [2.24, 2.45) is 0 Å². The van der Waals surface area contributed by atoms with Gasteiger partial charge in [0.2, 0.25) is 0 Å². The highest BCUT2D eigenvalue weighted by Gasteiger charge is 2.36. The Morgan fingerprint density at radius 2 is 1.75 bits per heavy atom. The average molecular weight is 395 g/mol. The molecule has 0 amide bonds. The van der Waals surface area contributed by atoms with Crippen molar-refractivity contribution >= 4 is 5.97 Å². The quantitative estimate of drug-likeness (QED) is 0.358. The number of carboxylic acid groups (broad SMARTS) is 1. The van der Waals surface area contributed by atoms with Crippen LogP contribution < -0.4 is 0 Å². The van der Waals surface area contributed by atoms with Crippen LogP contribution in [0, 0.1) is 0 Å². The first-order valence-electron chi connectivity index (χ1n) is 9.98. The second-order valence-corrected chi connectivity index (χ2v) is 6.92. The predicted octanol–water partition coefficient (Wildman–Crippen LogP) is 2.90. The summed E-state index contributed by atoms with van der Waals surface area (Å²) in [5, 5.41) is 38.7. The smallest absolute Gasteiger partial charge is 0.303 e. The van der Waals surface area contributed by atoms with Crippen LogP contribution in [0.5, 0.6) is 0 Å². The zero-order valence-electron chi connectivity index (χ0n) is 16.6. The van der Waals surface area contributed by atoms with E-state index >= 15 is 0 Å². The molecule has 0 aromatic rings. The Hall–Kier alpha value is -1.73. The number of hydrogen-bond donors (Lipinski definition) is 4. The number of rotatable bonds is 13. The van der Waals surface area contributed by atoms with Gasteiger partial charge in [-0.1, -0.05) is 55.5 Å². The molecule has 0 saturated carbocycles. The van der Waals surface area contributed by atoms with E-state index < -0.39 is 36.5 Å². The van der Waals surface area contributed by atoms with Crippen molar-refractivity contribution in [3.8, 4) is 0 Å². The van der Waals surface area contributed by atoms with E-state index in [1.165, 1.54) is 0 Å². The van der Waals surface area contributed by atoms with Crippen LogP contribution >= 0.6 is 0 Å². The third-order valence-electron chi connectivity index (χ3n) is 4.45. The normalized spacial score (nSPS) is 25.5. The molecule has 0 aromatic carbocycles. The Labute approximate surface area is 167 Å². The van der Waals surface area contributed by atoms with E-state index in [2.05, 4.69) is 31.2 Å². The van der Waals surface area contributed by atoms with E-state index in [4.69, 9.17) is 9.84 Å². The monoisotopic (exact) mass is 394 g/mol. The van der Waals surface area contributed by atoms with Gasteiger partial charge in [-0.25, -0.2) is 0 Å². The summed E-state index contributed by atoms with van der Waals surface area (Å²) in [4.78, 5) is 10.6. The summed E-state index contributed by atoms with van der Waals surface area (Å²) >= 11 is 0. The van der Waals surface area contributed by atoms with Gasteiger partial charge in [-0.05, 0) is 32.1 Å². The fourth-order valence-electron chi connectivity index (χ4n) is 2.86. The van der Waals surface area contributed by atoms with Gasteiger partial charge in [-0.2, -0.15) is 0 Å². The molecule has 1 fully saturated rings. The van der Waals surface area contributed by atoms with Gasteiger partial charge < -0.3 is 25.2 Å². The number of carboxylic acids is 1. The van der Waals surface area contributed by atoms with Crippen molar-refractivity contribution < 1.29 is 30.0 Å². The Bertz CT molecular complexity index is 551. The number of allylic oxidation sites excluding steroid dienone is 5. The van der Waals surface area contributed by atoms with Gasteiger partial charge in [-0.3, -0.25) is 4.79 Å². The third-order valence-corrected chi connectivity index (χ3v) is 4.45. The van der Waals surface area contributed by atoms with Gasteiger partial charge in [0.15, 0.2) is 0 Å². The Morgan fingerprint density at radius 1 is 1.11 bits per heavy atom. The van der Waals surface area contributed by atoms with E-state index in [1.807, 2.05) is 12.2 Å². The Kier molecular flexibility index (Phi) is 12.4. The Morgan fingerprint density at radius 3 is 2.39 bits per heavy atom. The van der Waals surface area contributed by atoms with Crippen LogP contribution in [0.4, 0.5) is 0 Å². The maximum atomic E-state index is 10.6. The molecule has 6 nitrogen and oxygen atoms in total. The molecule has 0 radical (unpaired) electrons. The van der Waals surface area contributed by atoms with Crippen LogP contribution in [-0.4, -0.2) is 56.9 Å². The lowest BCUT2D eigenvalue weighted by atomic mass is 10.0. The average Bonchev–Trinajstić information content (AvgIpc) is 3.04. The predicted molar refractivity (Wildman–Crippen MR) is 109 cm³/mol. The highest BCUT2D eigenvalue weighted by molar-refractivity contribution is 5.66. The van der Waals surface area contributed by atoms with Crippen molar-refractivity contribution in [3.05, 3.63) is 48.6 Å². The molecule has 0 unspecified atom stereocenters. The number of aliphatic hydroxyl groups excluding tert-OH is 3. The van der Waals surface area contributed by atoms with Crippen LogP contribution in [0.1, 0.15) is 51.9 Å². The standard InChI is InChI=1S/C22H34O6/c1-2-3-4-5-6-7-8-9-10-11-17(23)12-14-20-19(25)16-21(28-20)18(24)13-15-22(26)27/h3-4,6-7,9-10,12,14,17-21,23-25H,2,5,8,11,13,15-16H2,1H3,(H,26,27)/b4-3-,7-6-,10-9-,14-12+/t17-,18-,19-,20-,21-/m0/s1. The molecule has 5 atom stereocenters. The molecule has 158 valence electrons. The molecular weight excluding hydrogens is 360 g/mol. The molecule has 1 rings (SSSR count). The number of ether oxygens (including phenoxy) is 1. The van der Waals surface area contributed by atoms with Crippen molar-refractivity contribution in [2.45, 2.75) is 82.4 Å². The van der Waals surface area contributed by atoms with E-state index in [0.29, 0.717) is 6.42 Å². The molecule has 0 aliphatic carbocycles. The first-order chi connectivity index (χ1) is 13.4. The molecule has 0 bridgehead atoms. The summed E-state index contributed by atoms with van der Waals surface area (Å²) < 4.78 is 5.59. The van der Waals surface area contributed by atoms with E-state index in [0.717, 1.165) is 19.3 Å². The lowest BCUT2D eigenvalue weighted by Crippen LogP contribution is -2.26. The fraction of sp³-hybridized carbons (Fsp3) is 0.591. The number of aliphatic hydroxyl groups is 3. The second-order valence-electron chi connectivity index (χ2n) is 6.92. The topological polar surface area (TPSA) is 107 Å². The van der Waals surface area contributed by atoms with Gasteiger partial charge in [0, 0.05) is 12.8 Å². The van der Waals surface area contributed by atoms with Gasteiger partial charge in [-0.15, -0.1) is 0 Å². The molecule has 1 aliphatic heterocycles. The molecule has 4 N–H and O–H groups in total. The SMILES string of the molecule is CC/C=C\C/C=C\C/C=C\C[C@H](O)/C=C/[C@@H]1O[C@H]([C@@H](O)CCC(=O)O)C[C@@H]1O. The molecular formula is C22H34O6. The van der Waals surface area contributed by atoms with Gasteiger partial charge in [0.05, 0.1) is 24.4 Å². The number of aliphatic carboxylic acids is 1. The maximum Gasteiger partial charge on any atom is 0.303 e. The van der Waals surface area contributed by atoms with Crippen LogP contribution in [0.3, 0.4) is 0 Å². The van der Waals surface area contributed by atoms with E-state index in [9.17, 15) is 20.1 Å². The fourth-order valence-corrected chi connectivity index (χ4v) is 2.86. The molecule has 6 heteroatoms. The van der Waals surface area contributed by atoms with Crippen LogP contribution in [0.15, 0.2) is 48.6 Å². The molecule has 28 heavy (non-hydrogen) atoms. The maximum absolute atomic E-state index is 10.6. The van der Waals surface area contributed by atoms with Crippen LogP contribution in [-0.2, 0) is 9.53 Å². The lowest BCUT2D eigenvalue weighted by Gasteiger charge is -2.17. The van der Waals surface area contributed by atoms with Crippen molar-refractivity contribution in [3.63, 3.8) is 0 Å².